The van der Waals surface area contributed by atoms with Gasteiger partial charge in [0, 0.05) is 19.2 Å². The largest absolute Gasteiger partial charge is 0.478 e. The van der Waals surface area contributed by atoms with Crippen molar-refractivity contribution < 1.29 is 19.1 Å². The molecule has 0 aliphatic carbocycles. The molecule has 5 nitrogen and oxygen atoms in total. The number of hydrogen-bond acceptors (Lipinski definition) is 4. The highest BCUT2D eigenvalue weighted by Crippen LogP contribution is 2.23. The van der Waals surface area contributed by atoms with Gasteiger partial charge in [-0.2, -0.15) is 0 Å². The first kappa shape index (κ1) is 17.2. The van der Waals surface area contributed by atoms with E-state index in [0.717, 1.165) is 17.9 Å². The van der Waals surface area contributed by atoms with Crippen LogP contribution in [0.25, 0.3) is 11.3 Å². The Morgan fingerprint density at radius 2 is 2.14 bits per heavy atom. The zero-order valence-corrected chi connectivity index (χ0v) is 12.5. The van der Waals surface area contributed by atoms with Crippen molar-refractivity contribution in [1.82, 2.24) is 5.32 Å². The molecule has 6 heteroatoms. The number of benzene rings is 1. The van der Waals surface area contributed by atoms with Crippen LogP contribution in [0.3, 0.4) is 0 Å². The van der Waals surface area contributed by atoms with Crippen molar-refractivity contribution in [2.75, 3.05) is 20.3 Å². The highest BCUT2D eigenvalue weighted by Gasteiger charge is 2.08. The van der Waals surface area contributed by atoms with E-state index in [2.05, 4.69) is 5.32 Å². The molecule has 0 radical (unpaired) electrons. The number of aromatic carboxylic acids is 1. The van der Waals surface area contributed by atoms with Gasteiger partial charge in [-0.3, -0.25) is 0 Å². The Balaban J connectivity index is 0.00000220. The van der Waals surface area contributed by atoms with E-state index in [1.54, 1.807) is 25.3 Å². The second-order valence-electron chi connectivity index (χ2n) is 4.32. The molecule has 0 fully saturated rings. The van der Waals surface area contributed by atoms with Crippen molar-refractivity contribution in [3.8, 4) is 11.3 Å². The van der Waals surface area contributed by atoms with Crippen LogP contribution < -0.4 is 5.32 Å². The fourth-order valence-electron chi connectivity index (χ4n) is 1.82. The molecule has 0 saturated heterocycles. The number of carbonyl (C=O) groups is 1. The fourth-order valence-corrected chi connectivity index (χ4v) is 1.82. The van der Waals surface area contributed by atoms with Crippen LogP contribution in [0.1, 0.15) is 16.1 Å². The lowest BCUT2D eigenvalue weighted by molar-refractivity contribution is 0.0697. The van der Waals surface area contributed by atoms with Crippen LogP contribution in [0.15, 0.2) is 40.8 Å². The molecule has 0 spiro atoms. The molecule has 1 heterocycles. The number of hydrogen-bond donors (Lipinski definition) is 2. The van der Waals surface area contributed by atoms with Gasteiger partial charge in [0.05, 0.1) is 18.7 Å². The van der Waals surface area contributed by atoms with E-state index in [-0.39, 0.29) is 18.0 Å². The van der Waals surface area contributed by atoms with Crippen molar-refractivity contribution in [2.45, 2.75) is 6.54 Å². The van der Waals surface area contributed by atoms with Crippen molar-refractivity contribution in [3.63, 3.8) is 0 Å². The van der Waals surface area contributed by atoms with E-state index in [1.807, 2.05) is 18.2 Å². The Labute approximate surface area is 129 Å². The van der Waals surface area contributed by atoms with Crippen LogP contribution in [0, 0.1) is 0 Å². The Hall–Kier alpha value is -1.82. The van der Waals surface area contributed by atoms with Gasteiger partial charge in [-0.05, 0) is 24.3 Å². The van der Waals surface area contributed by atoms with Gasteiger partial charge < -0.3 is 19.6 Å². The van der Waals surface area contributed by atoms with Gasteiger partial charge >= 0.3 is 5.97 Å². The standard InChI is InChI=1S/C15H17NO4.ClH/c1-19-8-7-16-10-13-5-6-14(20-13)11-3-2-4-12(9-11)15(17)18;/h2-6,9,16H,7-8,10H2,1H3,(H,17,18);1H. The second kappa shape index (κ2) is 8.46. The van der Waals surface area contributed by atoms with Crippen molar-refractivity contribution in [1.29, 1.82) is 0 Å². The molecule has 1 aromatic heterocycles. The number of furan rings is 1. The Morgan fingerprint density at radius 3 is 2.86 bits per heavy atom. The first-order chi connectivity index (χ1) is 9.70. The number of nitrogens with one attached hydrogen (secondary N) is 1. The Morgan fingerprint density at radius 1 is 1.33 bits per heavy atom. The monoisotopic (exact) mass is 311 g/mol. The zero-order chi connectivity index (χ0) is 14.4. The summed E-state index contributed by atoms with van der Waals surface area (Å²) >= 11 is 0. The molecular weight excluding hydrogens is 294 g/mol. The lowest BCUT2D eigenvalue weighted by Gasteiger charge is -2.02. The maximum absolute atomic E-state index is 10.9. The maximum Gasteiger partial charge on any atom is 0.335 e. The number of carboxylic acids is 1. The molecule has 0 unspecified atom stereocenters. The van der Waals surface area contributed by atoms with Gasteiger partial charge in [0.2, 0.25) is 0 Å². The molecule has 0 saturated carbocycles. The van der Waals surface area contributed by atoms with Crippen molar-refractivity contribution in [2.24, 2.45) is 0 Å². The van der Waals surface area contributed by atoms with E-state index in [1.165, 1.54) is 0 Å². The van der Waals surface area contributed by atoms with Crippen LogP contribution in [-0.2, 0) is 11.3 Å². The number of methoxy groups -OCH3 is 1. The molecule has 0 aliphatic heterocycles. The smallest absolute Gasteiger partial charge is 0.335 e. The minimum Gasteiger partial charge on any atom is -0.478 e. The topological polar surface area (TPSA) is 71.7 Å². The quantitative estimate of drug-likeness (QED) is 0.769. The van der Waals surface area contributed by atoms with E-state index < -0.39 is 5.97 Å². The summed E-state index contributed by atoms with van der Waals surface area (Å²) in [6.45, 7) is 2.01. The molecule has 0 bridgehead atoms. The minimum absolute atomic E-state index is 0. The number of rotatable bonds is 7. The van der Waals surface area contributed by atoms with Crippen molar-refractivity contribution in [3.05, 3.63) is 47.7 Å². The Bertz CT molecular complexity index is 583. The Kier molecular flexibility index (Phi) is 6.94. The van der Waals surface area contributed by atoms with E-state index >= 15 is 0 Å². The molecular formula is C15H18ClNO4. The summed E-state index contributed by atoms with van der Waals surface area (Å²) in [7, 11) is 1.65. The third-order valence-corrected chi connectivity index (χ3v) is 2.84. The SMILES string of the molecule is COCCNCc1ccc(-c2cccc(C(=O)O)c2)o1.Cl. The summed E-state index contributed by atoms with van der Waals surface area (Å²) in [6.07, 6.45) is 0. The summed E-state index contributed by atoms with van der Waals surface area (Å²) < 4.78 is 10.6. The van der Waals surface area contributed by atoms with Crippen LogP contribution in [0.5, 0.6) is 0 Å². The van der Waals surface area contributed by atoms with Crippen LogP contribution in [0.2, 0.25) is 0 Å². The third kappa shape index (κ3) is 4.90. The fraction of sp³-hybridized carbons (Fsp3) is 0.267. The predicted octanol–water partition coefficient (Wildman–Crippen LogP) is 2.80. The molecule has 1 aromatic carbocycles. The lowest BCUT2D eigenvalue weighted by Crippen LogP contribution is -2.18. The van der Waals surface area contributed by atoms with Crippen LogP contribution >= 0.6 is 12.4 Å². The van der Waals surface area contributed by atoms with Gasteiger partial charge in [0.1, 0.15) is 11.5 Å². The average molecular weight is 312 g/mol. The molecule has 0 aliphatic rings. The van der Waals surface area contributed by atoms with Gasteiger partial charge in [-0.1, -0.05) is 12.1 Å². The zero-order valence-electron chi connectivity index (χ0n) is 11.7. The normalized spacial score (nSPS) is 10.1. The number of carboxylic acid groups (broad SMARTS) is 1. The molecule has 2 rings (SSSR count). The maximum atomic E-state index is 10.9. The van der Waals surface area contributed by atoms with Crippen LogP contribution in [0.4, 0.5) is 0 Å². The highest BCUT2D eigenvalue weighted by molar-refractivity contribution is 5.89. The third-order valence-electron chi connectivity index (χ3n) is 2.84. The lowest BCUT2D eigenvalue weighted by atomic mass is 10.1. The molecule has 2 aromatic rings. The average Bonchev–Trinajstić information content (AvgIpc) is 2.92. The van der Waals surface area contributed by atoms with Crippen LogP contribution in [-0.4, -0.2) is 31.3 Å². The van der Waals surface area contributed by atoms with Gasteiger partial charge in [0.15, 0.2) is 0 Å². The van der Waals surface area contributed by atoms with E-state index in [4.69, 9.17) is 14.3 Å². The van der Waals surface area contributed by atoms with Gasteiger partial charge in [-0.15, -0.1) is 12.4 Å². The summed E-state index contributed by atoms with van der Waals surface area (Å²) in [4.78, 5) is 10.9. The van der Waals surface area contributed by atoms with E-state index in [9.17, 15) is 4.79 Å². The van der Waals surface area contributed by atoms with E-state index in [0.29, 0.717) is 18.9 Å². The minimum atomic E-state index is -0.945. The number of halogens is 1. The molecule has 114 valence electrons. The molecule has 2 N–H and O–H groups in total. The molecule has 0 atom stereocenters. The second-order valence-corrected chi connectivity index (χ2v) is 4.32. The van der Waals surface area contributed by atoms with Gasteiger partial charge in [0.25, 0.3) is 0 Å². The molecule has 21 heavy (non-hydrogen) atoms. The first-order valence-electron chi connectivity index (χ1n) is 6.33. The summed E-state index contributed by atoms with van der Waals surface area (Å²) in [5.74, 6) is 0.522. The first-order valence-corrected chi connectivity index (χ1v) is 6.33. The highest BCUT2D eigenvalue weighted by atomic mass is 35.5. The van der Waals surface area contributed by atoms with Crippen molar-refractivity contribution >= 4 is 18.4 Å². The van der Waals surface area contributed by atoms with Gasteiger partial charge in [-0.25, -0.2) is 4.79 Å². The number of ether oxygens (including phenoxy) is 1. The summed E-state index contributed by atoms with van der Waals surface area (Å²) in [6, 6.07) is 10.4. The summed E-state index contributed by atoms with van der Waals surface area (Å²) in [5.41, 5.74) is 1.01. The predicted molar refractivity (Wildman–Crippen MR) is 81.9 cm³/mol. The molecule has 0 amide bonds. The summed E-state index contributed by atoms with van der Waals surface area (Å²) in [5, 5.41) is 12.2.